The third kappa shape index (κ3) is 5.36. The molecule has 1 aromatic carbocycles. The highest BCUT2D eigenvalue weighted by Crippen LogP contribution is 2.22. The van der Waals surface area contributed by atoms with E-state index >= 15 is 0 Å². The number of aromatic nitrogens is 2. The smallest absolute Gasteiger partial charge is 0.243 e. The minimum Gasteiger partial charge on any atom is -0.494 e. The number of hydrogen-bond donors (Lipinski definition) is 1. The molecule has 2 heterocycles. The minimum absolute atomic E-state index is 0.295. The fourth-order valence-electron chi connectivity index (χ4n) is 3.12. The third-order valence-electron chi connectivity index (χ3n) is 4.80. The Morgan fingerprint density at radius 1 is 1.00 bits per heavy atom. The Morgan fingerprint density at radius 2 is 1.72 bits per heavy atom. The Hall–Kier alpha value is -2.39. The second-order valence-electron chi connectivity index (χ2n) is 6.87. The van der Waals surface area contributed by atoms with Gasteiger partial charge in [0, 0.05) is 32.7 Å². The van der Waals surface area contributed by atoms with Crippen molar-refractivity contribution in [3.8, 4) is 5.75 Å². The second-order valence-corrected chi connectivity index (χ2v) is 8.81. The lowest BCUT2D eigenvalue weighted by Crippen LogP contribution is -2.49. The molecular formula is C20H29N5O3S. The van der Waals surface area contributed by atoms with Gasteiger partial charge in [0.25, 0.3) is 0 Å². The van der Waals surface area contributed by atoms with Gasteiger partial charge in [-0.25, -0.2) is 8.42 Å². The van der Waals surface area contributed by atoms with Crippen molar-refractivity contribution in [2.45, 2.75) is 31.6 Å². The van der Waals surface area contributed by atoms with E-state index < -0.39 is 10.0 Å². The van der Waals surface area contributed by atoms with Crippen molar-refractivity contribution in [3.05, 3.63) is 36.4 Å². The number of unbranched alkanes of at least 4 members (excludes halogenated alkanes) is 1. The summed E-state index contributed by atoms with van der Waals surface area (Å²) in [5.41, 5.74) is 0. The van der Waals surface area contributed by atoms with Crippen LogP contribution in [0.2, 0.25) is 0 Å². The SMILES string of the molecule is CCCCOc1ccc(S(=O)(=O)N2CCN(c3ccc(NCC)nn3)CC2)cc1. The molecule has 1 aliphatic heterocycles. The zero-order chi connectivity index (χ0) is 20.7. The number of hydrogen-bond acceptors (Lipinski definition) is 7. The first-order valence-corrected chi connectivity index (χ1v) is 11.5. The number of nitrogens with one attached hydrogen (secondary N) is 1. The van der Waals surface area contributed by atoms with Crippen LogP contribution in [0.3, 0.4) is 0 Å². The first kappa shape index (κ1) is 21.3. The van der Waals surface area contributed by atoms with Crippen molar-refractivity contribution in [1.82, 2.24) is 14.5 Å². The Balaban J connectivity index is 1.59. The quantitative estimate of drug-likeness (QED) is 0.625. The summed E-state index contributed by atoms with van der Waals surface area (Å²) in [6.07, 6.45) is 2.04. The third-order valence-corrected chi connectivity index (χ3v) is 6.71. The van der Waals surface area contributed by atoms with Gasteiger partial charge in [0.05, 0.1) is 11.5 Å². The summed E-state index contributed by atoms with van der Waals surface area (Å²) in [7, 11) is -3.52. The number of ether oxygens (including phenoxy) is 1. The summed E-state index contributed by atoms with van der Waals surface area (Å²) < 4.78 is 33.0. The standard InChI is InChI=1S/C20H29N5O3S/c1-3-5-16-28-17-6-8-18(9-7-17)29(26,27)25-14-12-24(13-15-25)20-11-10-19(21-4-2)22-23-20/h6-11H,3-5,12-16H2,1-2H3,(H,21,22). The number of anilines is 2. The molecule has 0 bridgehead atoms. The van der Waals surface area contributed by atoms with Crippen LogP contribution in [-0.4, -0.2) is 62.3 Å². The summed E-state index contributed by atoms with van der Waals surface area (Å²) in [5, 5.41) is 11.5. The van der Waals surface area contributed by atoms with Gasteiger partial charge in [0.15, 0.2) is 5.82 Å². The van der Waals surface area contributed by atoms with E-state index in [9.17, 15) is 8.42 Å². The van der Waals surface area contributed by atoms with E-state index in [0.29, 0.717) is 43.4 Å². The largest absolute Gasteiger partial charge is 0.494 e. The molecule has 1 aliphatic rings. The van der Waals surface area contributed by atoms with Crippen LogP contribution in [0.4, 0.5) is 11.6 Å². The number of nitrogens with zero attached hydrogens (tertiary/aromatic N) is 4. The van der Waals surface area contributed by atoms with Gasteiger partial charge in [0.2, 0.25) is 10.0 Å². The zero-order valence-electron chi connectivity index (χ0n) is 17.0. The fraction of sp³-hybridized carbons (Fsp3) is 0.500. The van der Waals surface area contributed by atoms with Gasteiger partial charge in [-0.3, -0.25) is 0 Å². The topological polar surface area (TPSA) is 87.7 Å². The van der Waals surface area contributed by atoms with Crippen molar-refractivity contribution >= 4 is 21.7 Å². The average Bonchev–Trinajstić information content (AvgIpc) is 2.75. The van der Waals surface area contributed by atoms with E-state index in [4.69, 9.17) is 4.74 Å². The average molecular weight is 420 g/mol. The maximum Gasteiger partial charge on any atom is 0.243 e. The number of piperazine rings is 1. The Morgan fingerprint density at radius 3 is 2.31 bits per heavy atom. The predicted molar refractivity (Wildman–Crippen MR) is 114 cm³/mol. The molecule has 9 heteroatoms. The summed E-state index contributed by atoms with van der Waals surface area (Å²) >= 11 is 0. The first-order valence-electron chi connectivity index (χ1n) is 10.1. The maximum atomic E-state index is 12.9. The van der Waals surface area contributed by atoms with Gasteiger partial charge in [0.1, 0.15) is 11.6 Å². The molecule has 1 N–H and O–H groups in total. The van der Waals surface area contributed by atoms with Crippen LogP contribution in [0.15, 0.2) is 41.3 Å². The van der Waals surface area contributed by atoms with Crippen LogP contribution < -0.4 is 15.0 Å². The van der Waals surface area contributed by atoms with Crippen LogP contribution >= 0.6 is 0 Å². The van der Waals surface area contributed by atoms with E-state index in [1.807, 2.05) is 19.1 Å². The van der Waals surface area contributed by atoms with Crippen molar-refractivity contribution < 1.29 is 13.2 Å². The molecule has 3 rings (SSSR count). The van der Waals surface area contributed by atoms with Crippen molar-refractivity contribution in [1.29, 1.82) is 0 Å². The van der Waals surface area contributed by atoms with E-state index in [0.717, 1.165) is 31.0 Å². The van der Waals surface area contributed by atoms with E-state index in [1.165, 1.54) is 4.31 Å². The summed E-state index contributed by atoms with van der Waals surface area (Å²) in [6.45, 7) is 7.51. The second kappa shape index (κ2) is 9.89. The molecule has 29 heavy (non-hydrogen) atoms. The van der Waals surface area contributed by atoms with Crippen molar-refractivity contribution in [2.24, 2.45) is 0 Å². The molecule has 8 nitrogen and oxygen atoms in total. The lowest BCUT2D eigenvalue weighted by molar-refractivity contribution is 0.309. The predicted octanol–water partition coefficient (Wildman–Crippen LogP) is 2.60. The highest BCUT2D eigenvalue weighted by molar-refractivity contribution is 7.89. The normalized spacial score (nSPS) is 15.3. The molecular weight excluding hydrogens is 390 g/mol. The van der Waals surface area contributed by atoms with Gasteiger partial charge < -0.3 is 15.0 Å². The van der Waals surface area contributed by atoms with Crippen LogP contribution in [-0.2, 0) is 10.0 Å². The van der Waals surface area contributed by atoms with E-state index in [2.05, 4.69) is 27.3 Å². The van der Waals surface area contributed by atoms with E-state index in [1.54, 1.807) is 24.3 Å². The summed E-state index contributed by atoms with van der Waals surface area (Å²) in [6, 6.07) is 10.5. The van der Waals surface area contributed by atoms with Gasteiger partial charge >= 0.3 is 0 Å². The van der Waals surface area contributed by atoms with Gasteiger partial charge in [-0.1, -0.05) is 13.3 Å². The highest BCUT2D eigenvalue weighted by Gasteiger charge is 2.29. The number of rotatable bonds is 9. The lowest BCUT2D eigenvalue weighted by Gasteiger charge is -2.34. The lowest BCUT2D eigenvalue weighted by atomic mass is 10.3. The van der Waals surface area contributed by atoms with Crippen molar-refractivity contribution in [2.75, 3.05) is 49.5 Å². The molecule has 158 valence electrons. The van der Waals surface area contributed by atoms with Crippen LogP contribution in [0.25, 0.3) is 0 Å². The molecule has 0 atom stereocenters. The first-order chi connectivity index (χ1) is 14.0. The Bertz CT molecular complexity index is 864. The molecule has 0 spiro atoms. The van der Waals surface area contributed by atoms with Crippen LogP contribution in [0.5, 0.6) is 5.75 Å². The molecule has 1 fully saturated rings. The molecule has 1 saturated heterocycles. The molecule has 0 aliphatic carbocycles. The van der Waals surface area contributed by atoms with Gasteiger partial charge in [-0.05, 0) is 49.7 Å². The zero-order valence-corrected chi connectivity index (χ0v) is 17.9. The molecule has 0 amide bonds. The molecule has 0 radical (unpaired) electrons. The fourth-order valence-corrected chi connectivity index (χ4v) is 4.54. The Kier molecular flexibility index (Phi) is 7.27. The highest BCUT2D eigenvalue weighted by atomic mass is 32.2. The Labute approximate surface area is 172 Å². The maximum absolute atomic E-state index is 12.9. The van der Waals surface area contributed by atoms with Crippen LogP contribution in [0, 0.1) is 0 Å². The van der Waals surface area contributed by atoms with Crippen LogP contribution in [0.1, 0.15) is 26.7 Å². The molecule has 0 saturated carbocycles. The number of sulfonamides is 1. The molecule has 0 unspecified atom stereocenters. The number of benzene rings is 1. The summed E-state index contributed by atoms with van der Waals surface area (Å²) in [4.78, 5) is 2.35. The van der Waals surface area contributed by atoms with Crippen molar-refractivity contribution in [3.63, 3.8) is 0 Å². The minimum atomic E-state index is -3.52. The monoisotopic (exact) mass is 419 g/mol. The van der Waals surface area contributed by atoms with E-state index in [-0.39, 0.29) is 0 Å². The van der Waals surface area contributed by atoms with Gasteiger partial charge in [-0.15, -0.1) is 10.2 Å². The summed E-state index contributed by atoms with van der Waals surface area (Å²) in [5.74, 6) is 2.19. The molecule has 1 aromatic heterocycles. The molecule has 2 aromatic rings. The van der Waals surface area contributed by atoms with Gasteiger partial charge in [-0.2, -0.15) is 4.31 Å².